The molecule has 12 nitrogen and oxygen atoms in total. The molecule has 0 atom stereocenters. The minimum Gasteiger partial charge on any atom is -0.508 e. The quantitative estimate of drug-likeness (QED) is 0.127. The number of amides is 2. The summed E-state index contributed by atoms with van der Waals surface area (Å²) < 4.78 is 28.5. The lowest BCUT2D eigenvalue weighted by Crippen LogP contribution is -2.20. The zero-order valence-corrected chi connectivity index (χ0v) is 26.6. The highest BCUT2D eigenvalue weighted by Crippen LogP contribution is 2.40. The molecular weight excluding hydrogens is 608 g/mol. The zero-order chi connectivity index (χ0) is 34.2. The van der Waals surface area contributed by atoms with E-state index in [1.54, 1.807) is 43.5 Å². The number of phenols is 3. The third kappa shape index (κ3) is 8.48. The van der Waals surface area contributed by atoms with Crippen LogP contribution in [0.15, 0.2) is 54.6 Å². The summed E-state index contributed by atoms with van der Waals surface area (Å²) in [5, 5.41) is 31.7. The average molecular weight is 647 g/mol. The van der Waals surface area contributed by atoms with Crippen molar-refractivity contribution in [3.05, 3.63) is 93.5 Å². The molecule has 0 bridgehead atoms. The maximum absolute atomic E-state index is 11.6. The summed E-state index contributed by atoms with van der Waals surface area (Å²) in [7, 11) is 4.57. The van der Waals surface area contributed by atoms with Gasteiger partial charge in [-0.15, -0.1) is 0 Å². The highest BCUT2D eigenvalue weighted by Gasteiger charge is 2.21. The number of rotatable bonds is 15. The number of benzene rings is 4. The molecule has 0 heterocycles. The van der Waals surface area contributed by atoms with Crippen LogP contribution in [-0.2, 0) is 28.9 Å². The van der Waals surface area contributed by atoms with Crippen LogP contribution in [0.25, 0.3) is 0 Å². The van der Waals surface area contributed by atoms with Crippen LogP contribution in [-0.4, -0.2) is 61.7 Å². The van der Waals surface area contributed by atoms with Gasteiger partial charge in [-0.25, -0.2) is 0 Å². The molecule has 4 aromatic carbocycles. The van der Waals surface area contributed by atoms with Crippen molar-refractivity contribution in [2.45, 2.75) is 26.2 Å². The van der Waals surface area contributed by atoms with Crippen molar-refractivity contribution >= 4 is 11.8 Å². The Bertz CT molecular complexity index is 1790. The number of hydrogen-bond acceptors (Lipinski definition) is 10. The maximum Gasteiger partial charge on any atom is 0.255 e. The normalized spacial score (nSPS) is 10.7. The second-order valence-electron chi connectivity index (χ2n) is 10.9. The van der Waals surface area contributed by atoms with Gasteiger partial charge >= 0.3 is 0 Å². The second kappa shape index (κ2) is 15.0. The van der Waals surface area contributed by atoms with Crippen molar-refractivity contribution in [3.8, 4) is 46.0 Å². The lowest BCUT2D eigenvalue weighted by Gasteiger charge is -2.20. The summed E-state index contributed by atoms with van der Waals surface area (Å²) in [6, 6.07) is 14.3. The fourth-order valence-corrected chi connectivity index (χ4v) is 5.56. The van der Waals surface area contributed by atoms with Gasteiger partial charge in [-0.2, -0.15) is 0 Å². The molecule has 12 heteroatoms. The van der Waals surface area contributed by atoms with Gasteiger partial charge in [0.2, 0.25) is 0 Å². The summed E-state index contributed by atoms with van der Waals surface area (Å²) >= 11 is 0. The van der Waals surface area contributed by atoms with Crippen molar-refractivity contribution < 1.29 is 48.6 Å². The van der Waals surface area contributed by atoms with Crippen LogP contribution in [0.2, 0.25) is 0 Å². The number of nitrogens with two attached hydrogens (primary N) is 2. The van der Waals surface area contributed by atoms with Gasteiger partial charge in [-0.1, -0.05) is 0 Å². The van der Waals surface area contributed by atoms with Crippen LogP contribution < -0.4 is 35.2 Å². The van der Waals surface area contributed by atoms with Gasteiger partial charge in [0.05, 0.1) is 21.3 Å². The Morgan fingerprint density at radius 3 is 1.47 bits per heavy atom. The van der Waals surface area contributed by atoms with Crippen LogP contribution in [0.4, 0.5) is 0 Å². The Labute approximate surface area is 272 Å². The van der Waals surface area contributed by atoms with E-state index in [-0.39, 0.29) is 49.7 Å². The minimum absolute atomic E-state index is 0.0217. The minimum atomic E-state index is -0.652. The van der Waals surface area contributed by atoms with E-state index in [1.165, 1.54) is 32.4 Å². The van der Waals surface area contributed by atoms with Crippen molar-refractivity contribution in [2.24, 2.45) is 11.5 Å². The zero-order valence-electron chi connectivity index (χ0n) is 26.6. The fourth-order valence-electron chi connectivity index (χ4n) is 5.56. The Hall–Kier alpha value is -5.78. The first kappa shape index (κ1) is 34.1. The number of primary amides is 2. The van der Waals surface area contributed by atoms with Crippen molar-refractivity contribution in [1.82, 2.24) is 0 Å². The number of ether oxygens (including phenoxy) is 5. The highest BCUT2D eigenvalue weighted by molar-refractivity contribution is 5.75. The molecule has 0 aliphatic rings. The number of aryl methyl sites for hydroxylation is 1. The van der Waals surface area contributed by atoms with Crippen LogP contribution in [0, 0.1) is 6.92 Å². The van der Waals surface area contributed by atoms with Crippen molar-refractivity contribution in [1.29, 1.82) is 0 Å². The molecule has 0 aliphatic carbocycles. The monoisotopic (exact) mass is 646 g/mol. The molecule has 0 unspecified atom stereocenters. The molecule has 0 saturated carbocycles. The van der Waals surface area contributed by atoms with Gasteiger partial charge in [0, 0.05) is 52.6 Å². The number of carbonyl (C=O) groups excluding carboxylic acids is 2. The lowest BCUT2D eigenvalue weighted by molar-refractivity contribution is -0.120. The Balaban J connectivity index is 1.79. The molecule has 0 saturated heterocycles. The number of carbonyl (C=O) groups is 2. The molecule has 4 rings (SSSR count). The van der Waals surface area contributed by atoms with Gasteiger partial charge in [0.25, 0.3) is 11.8 Å². The molecule has 47 heavy (non-hydrogen) atoms. The standard InChI is InChI=1S/C35H38N2O10/c1-19-7-26(38)11-21(33(19)43-2)9-24-15-29(47-18-32(37)42)16-25(35(24)45-4)10-23-13-27(39)12-22(34(23)44-3)8-20-14-28(5-6-30(20)40)46-17-31(36)41/h5-7,11-16,38-40H,8-10,17-18H2,1-4H3,(H2,36,41)(H2,37,42). The third-order valence-electron chi connectivity index (χ3n) is 7.35. The molecule has 0 aliphatic heterocycles. The van der Waals surface area contributed by atoms with E-state index < -0.39 is 11.8 Å². The molecule has 7 N–H and O–H groups in total. The molecule has 0 aromatic heterocycles. The van der Waals surface area contributed by atoms with Crippen LogP contribution in [0.1, 0.15) is 38.9 Å². The van der Waals surface area contributed by atoms with Gasteiger partial charge < -0.3 is 50.5 Å². The molecule has 248 valence electrons. The average Bonchev–Trinajstić information content (AvgIpc) is 3.00. The SMILES string of the molecule is COc1c(C)cc(O)cc1Cc1cc(OCC(N)=O)cc(Cc2cc(O)cc(Cc3cc(OCC(N)=O)ccc3O)c2OC)c1OC. The topological polar surface area (TPSA) is 193 Å². The maximum atomic E-state index is 11.6. The lowest BCUT2D eigenvalue weighted by atomic mass is 9.93. The Morgan fingerprint density at radius 2 is 0.979 bits per heavy atom. The van der Waals surface area contributed by atoms with Gasteiger partial charge in [0.1, 0.15) is 46.0 Å². The van der Waals surface area contributed by atoms with Crippen LogP contribution >= 0.6 is 0 Å². The summed E-state index contributed by atoms with van der Waals surface area (Å²) in [6.07, 6.45) is 0.613. The predicted octanol–water partition coefficient (Wildman–Crippen LogP) is 3.64. The van der Waals surface area contributed by atoms with Crippen molar-refractivity contribution in [2.75, 3.05) is 34.5 Å². The third-order valence-corrected chi connectivity index (χ3v) is 7.35. The van der Waals surface area contributed by atoms with E-state index in [1.807, 2.05) is 6.92 Å². The van der Waals surface area contributed by atoms with E-state index in [9.17, 15) is 24.9 Å². The number of phenolic OH excluding ortho intramolecular Hbond substituents is 3. The number of hydrogen-bond donors (Lipinski definition) is 5. The first-order valence-electron chi connectivity index (χ1n) is 14.5. The first-order valence-corrected chi connectivity index (χ1v) is 14.5. The summed E-state index contributed by atoms with van der Waals surface area (Å²) in [4.78, 5) is 22.7. The van der Waals surface area contributed by atoms with Crippen molar-refractivity contribution in [3.63, 3.8) is 0 Å². The molecule has 0 fully saturated rings. The summed E-state index contributed by atoms with van der Waals surface area (Å²) in [6.45, 7) is 1.14. The van der Waals surface area contributed by atoms with E-state index in [0.29, 0.717) is 62.1 Å². The molecule has 2 amide bonds. The van der Waals surface area contributed by atoms with E-state index in [2.05, 4.69) is 0 Å². The first-order chi connectivity index (χ1) is 22.4. The fraction of sp³-hybridized carbons (Fsp3) is 0.257. The van der Waals surface area contributed by atoms with E-state index in [4.69, 9.17) is 35.2 Å². The van der Waals surface area contributed by atoms with E-state index in [0.717, 1.165) is 5.56 Å². The van der Waals surface area contributed by atoms with Crippen LogP contribution in [0.5, 0.6) is 46.0 Å². The highest BCUT2D eigenvalue weighted by atomic mass is 16.5. The smallest absolute Gasteiger partial charge is 0.255 e. The van der Waals surface area contributed by atoms with E-state index >= 15 is 0 Å². The molecule has 0 radical (unpaired) electrons. The number of methoxy groups -OCH3 is 3. The van der Waals surface area contributed by atoms with Crippen LogP contribution in [0.3, 0.4) is 0 Å². The summed E-state index contributed by atoms with van der Waals surface area (Å²) in [5.74, 6) is 0.948. The van der Waals surface area contributed by atoms with Gasteiger partial charge in [0.15, 0.2) is 13.2 Å². The Kier molecular flexibility index (Phi) is 10.9. The predicted molar refractivity (Wildman–Crippen MR) is 173 cm³/mol. The van der Waals surface area contributed by atoms with Gasteiger partial charge in [-0.05, 0) is 67.1 Å². The molecule has 4 aromatic rings. The van der Waals surface area contributed by atoms with Gasteiger partial charge in [-0.3, -0.25) is 9.59 Å². The second-order valence-corrected chi connectivity index (χ2v) is 10.9. The Morgan fingerprint density at radius 1 is 0.574 bits per heavy atom. The largest absolute Gasteiger partial charge is 0.508 e. The molecule has 0 spiro atoms. The molecular formula is C35H38N2O10. The summed E-state index contributed by atoms with van der Waals surface area (Å²) in [5.41, 5.74) is 14.9. The number of aromatic hydroxyl groups is 3.